The molecule has 2 N–H and O–H groups in total. The second kappa shape index (κ2) is 6.14. The summed E-state index contributed by atoms with van der Waals surface area (Å²) in [5.41, 5.74) is 5.58. The molecule has 1 rings (SSSR count). The Balaban J connectivity index is 3.23. The van der Waals surface area contributed by atoms with Gasteiger partial charge in [-0.1, -0.05) is 57.0 Å². The van der Waals surface area contributed by atoms with Crippen LogP contribution < -0.4 is 9.96 Å². The molecule has 4 heteroatoms. The van der Waals surface area contributed by atoms with Gasteiger partial charge in [-0.25, -0.2) is 0 Å². The van der Waals surface area contributed by atoms with Crippen LogP contribution in [0, 0.1) is 20.8 Å². The Kier molecular flexibility index (Phi) is 5.41. The molecule has 0 amide bonds. The second-order valence-electron chi connectivity index (χ2n) is 8.03. The predicted molar refractivity (Wildman–Crippen MR) is 96.4 cm³/mol. The molecule has 0 radical (unpaired) electrons. The number of nitrogens with one attached hydrogen (secondary N) is 2. The van der Waals surface area contributed by atoms with E-state index in [-0.39, 0.29) is 6.17 Å². The van der Waals surface area contributed by atoms with E-state index in [0.717, 1.165) is 0 Å². The third-order valence-corrected chi connectivity index (χ3v) is 5.49. The zero-order valence-corrected chi connectivity index (χ0v) is 16.7. The van der Waals surface area contributed by atoms with E-state index < -0.39 is 16.5 Å². The van der Waals surface area contributed by atoms with Crippen molar-refractivity contribution in [3.8, 4) is 0 Å². The summed E-state index contributed by atoms with van der Waals surface area (Å²) in [6.45, 7) is 20.8. The Hall–Kier alpha value is -0.426. The van der Waals surface area contributed by atoms with Crippen LogP contribution in [0.3, 0.4) is 0 Å². The molecule has 0 spiro atoms. The van der Waals surface area contributed by atoms with E-state index in [2.05, 4.69) is 82.2 Å². The van der Waals surface area contributed by atoms with Crippen molar-refractivity contribution in [2.75, 3.05) is 0 Å². The fourth-order valence-corrected chi connectivity index (χ4v) is 5.00. The smallest absolute Gasteiger partial charge is 0.117 e. The summed E-state index contributed by atoms with van der Waals surface area (Å²) < 4.78 is 0. The summed E-state index contributed by atoms with van der Waals surface area (Å²) in [5.74, 6) is 0. The average Bonchev–Trinajstić information content (AvgIpc) is 2.08. The predicted octanol–water partition coefficient (Wildman–Crippen LogP) is 4.46. The highest BCUT2D eigenvalue weighted by molar-refractivity contribution is 6.75. The van der Waals surface area contributed by atoms with Crippen molar-refractivity contribution in [3.05, 3.63) is 34.4 Å². The minimum Gasteiger partial charge on any atom is -0.320 e. The molecule has 0 bridgehead atoms. The van der Waals surface area contributed by atoms with E-state index in [1.54, 1.807) is 0 Å². The summed E-state index contributed by atoms with van der Waals surface area (Å²) in [4.78, 5) is 7.79. The highest BCUT2D eigenvalue weighted by Crippen LogP contribution is 2.24. The Labute approximate surface area is 127 Å². The molecule has 0 fully saturated rings. The molecule has 2 nitrogen and oxygen atoms in total. The first-order valence-corrected chi connectivity index (χ1v) is 14.5. The van der Waals surface area contributed by atoms with Crippen molar-refractivity contribution in [1.29, 1.82) is 0 Å². The van der Waals surface area contributed by atoms with Crippen LogP contribution in [0.4, 0.5) is 0 Å². The van der Waals surface area contributed by atoms with Crippen LogP contribution in [-0.4, -0.2) is 16.5 Å². The second-order valence-corrected chi connectivity index (χ2v) is 17.6. The van der Waals surface area contributed by atoms with Crippen LogP contribution in [0.15, 0.2) is 12.1 Å². The van der Waals surface area contributed by atoms with Crippen molar-refractivity contribution >= 4 is 16.5 Å². The molecule has 20 heavy (non-hydrogen) atoms. The van der Waals surface area contributed by atoms with Crippen LogP contribution in [-0.2, 0) is 0 Å². The largest absolute Gasteiger partial charge is 0.320 e. The molecule has 0 unspecified atom stereocenters. The van der Waals surface area contributed by atoms with Crippen molar-refractivity contribution in [3.63, 3.8) is 0 Å². The fraction of sp³-hybridized carbons (Fsp3) is 0.625. The van der Waals surface area contributed by atoms with Crippen molar-refractivity contribution < 1.29 is 0 Å². The summed E-state index contributed by atoms with van der Waals surface area (Å²) >= 11 is 0. The van der Waals surface area contributed by atoms with Crippen LogP contribution in [0.5, 0.6) is 0 Å². The molecule has 0 aliphatic heterocycles. The van der Waals surface area contributed by atoms with Gasteiger partial charge >= 0.3 is 0 Å². The zero-order chi connectivity index (χ0) is 15.7. The Morgan fingerprint density at radius 3 is 1.40 bits per heavy atom. The topological polar surface area (TPSA) is 24.1 Å². The van der Waals surface area contributed by atoms with Crippen molar-refractivity contribution in [1.82, 2.24) is 9.96 Å². The molecule has 0 atom stereocenters. The first-order valence-electron chi connectivity index (χ1n) is 7.52. The van der Waals surface area contributed by atoms with E-state index in [4.69, 9.17) is 0 Å². The summed E-state index contributed by atoms with van der Waals surface area (Å²) in [6.07, 6.45) is 0.286. The quantitative estimate of drug-likeness (QED) is 0.620. The highest BCUT2D eigenvalue weighted by atomic mass is 28.3. The van der Waals surface area contributed by atoms with Gasteiger partial charge in [-0.05, 0) is 37.5 Å². The monoisotopic (exact) mass is 308 g/mol. The lowest BCUT2D eigenvalue weighted by Gasteiger charge is -2.35. The maximum atomic E-state index is 3.89. The van der Waals surface area contributed by atoms with Gasteiger partial charge in [0, 0.05) is 0 Å². The van der Waals surface area contributed by atoms with Gasteiger partial charge in [0.15, 0.2) is 0 Å². The first-order chi connectivity index (χ1) is 8.89. The molecule has 114 valence electrons. The van der Waals surface area contributed by atoms with Crippen molar-refractivity contribution in [2.45, 2.75) is 66.2 Å². The van der Waals surface area contributed by atoms with Crippen LogP contribution in [0.1, 0.15) is 28.4 Å². The van der Waals surface area contributed by atoms with Crippen LogP contribution >= 0.6 is 0 Å². The van der Waals surface area contributed by atoms with Gasteiger partial charge in [-0.15, -0.1) is 0 Å². The van der Waals surface area contributed by atoms with Gasteiger partial charge in [0.2, 0.25) is 0 Å². The standard InChI is InChI=1S/C16H32N2Si2/c1-12-10-13(2)15(14(3)11-12)16(17-19(4,5)6)18-20(7,8)9/h10-11,16-18H,1-9H3. The van der Waals surface area contributed by atoms with E-state index in [1.807, 2.05) is 0 Å². The molecular formula is C16H32N2Si2. The summed E-state index contributed by atoms with van der Waals surface area (Å²) in [6, 6.07) is 4.60. The molecule has 0 heterocycles. The summed E-state index contributed by atoms with van der Waals surface area (Å²) in [5, 5.41) is 0. The van der Waals surface area contributed by atoms with Gasteiger partial charge < -0.3 is 9.96 Å². The van der Waals surface area contributed by atoms with Gasteiger partial charge in [-0.2, -0.15) is 0 Å². The number of benzene rings is 1. The lowest BCUT2D eigenvalue weighted by atomic mass is 9.98. The summed E-state index contributed by atoms with van der Waals surface area (Å²) in [7, 11) is -2.71. The fourth-order valence-electron chi connectivity index (χ4n) is 2.69. The van der Waals surface area contributed by atoms with E-state index in [9.17, 15) is 0 Å². The molecular weight excluding hydrogens is 276 g/mol. The maximum Gasteiger partial charge on any atom is 0.117 e. The SMILES string of the molecule is Cc1cc(C)c(C(N[Si](C)(C)C)N[Si](C)(C)C)c(C)c1. The molecule has 1 aromatic carbocycles. The average molecular weight is 309 g/mol. The number of rotatable bonds is 5. The number of aryl methyl sites for hydroxylation is 3. The lowest BCUT2D eigenvalue weighted by molar-refractivity contribution is 0.604. The van der Waals surface area contributed by atoms with E-state index >= 15 is 0 Å². The van der Waals surface area contributed by atoms with Crippen LogP contribution in [0.2, 0.25) is 39.3 Å². The number of hydrogen-bond acceptors (Lipinski definition) is 2. The molecule has 0 aliphatic rings. The van der Waals surface area contributed by atoms with Crippen LogP contribution in [0.25, 0.3) is 0 Å². The van der Waals surface area contributed by atoms with E-state index in [1.165, 1.54) is 22.3 Å². The Morgan fingerprint density at radius 1 is 0.750 bits per heavy atom. The first kappa shape index (κ1) is 17.6. The Morgan fingerprint density at radius 2 is 1.10 bits per heavy atom. The minimum absolute atomic E-state index is 0.286. The van der Waals surface area contributed by atoms with Crippen molar-refractivity contribution in [2.24, 2.45) is 0 Å². The van der Waals surface area contributed by atoms with Gasteiger partial charge in [0.1, 0.15) is 16.5 Å². The molecule has 1 aromatic rings. The third-order valence-electron chi connectivity index (χ3n) is 3.18. The van der Waals surface area contributed by atoms with E-state index in [0.29, 0.717) is 0 Å². The molecule has 0 saturated carbocycles. The third kappa shape index (κ3) is 5.52. The normalized spacial score (nSPS) is 13.1. The molecule has 0 aliphatic carbocycles. The lowest BCUT2D eigenvalue weighted by Crippen LogP contribution is -2.55. The Bertz CT molecular complexity index is 431. The van der Waals surface area contributed by atoms with Gasteiger partial charge in [-0.3, -0.25) is 0 Å². The van der Waals surface area contributed by atoms with Gasteiger partial charge in [0.25, 0.3) is 0 Å². The highest BCUT2D eigenvalue weighted by Gasteiger charge is 2.27. The number of hydrogen-bond donors (Lipinski definition) is 2. The molecule has 0 aromatic heterocycles. The van der Waals surface area contributed by atoms with Gasteiger partial charge in [0.05, 0.1) is 6.17 Å². The maximum absolute atomic E-state index is 3.89. The zero-order valence-electron chi connectivity index (χ0n) is 14.7. The minimum atomic E-state index is -1.35. The molecule has 0 saturated heterocycles.